The van der Waals surface area contributed by atoms with Crippen molar-refractivity contribution in [2.24, 2.45) is 7.05 Å². The van der Waals surface area contributed by atoms with E-state index >= 15 is 4.39 Å². The summed E-state index contributed by atoms with van der Waals surface area (Å²) in [6.45, 7) is 1.70. The highest BCUT2D eigenvalue weighted by molar-refractivity contribution is 5.99. The van der Waals surface area contributed by atoms with Gasteiger partial charge in [0.15, 0.2) is 5.82 Å². The molecule has 9 nitrogen and oxygen atoms in total. The van der Waals surface area contributed by atoms with E-state index in [0.29, 0.717) is 28.9 Å². The number of nitrogens with one attached hydrogen (secondary N) is 1. The van der Waals surface area contributed by atoms with E-state index in [1.165, 1.54) is 6.07 Å². The van der Waals surface area contributed by atoms with Crippen LogP contribution in [0.3, 0.4) is 0 Å². The van der Waals surface area contributed by atoms with Crippen LogP contribution in [-0.2, 0) is 13.7 Å². The van der Waals surface area contributed by atoms with Crippen molar-refractivity contribution >= 4 is 27.5 Å². The molecule has 2 aromatic carbocycles. The molecule has 38 heavy (non-hydrogen) atoms. The predicted molar refractivity (Wildman–Crippen MR) is 142 cm³/mol. The number of anilines is 1. The minimum Gasteiger partial charge on any atom is -0.508 e. The molecule has 2 atom stereocenters. The lowest BCUT2D eigenvalue weighted by atomic mass is 10.0. The molecule has 10 heteroatoms. The fraction of sp³-hybridized carbons (Fsp3) is 0.286. The summed E-state index contributed by atoms with van der Waals surface area (Å²) in [6, 6.07) is 13.4. The Hall–Kier alpha value is -4.31. The maximum Gasteiger partial charge on any atom is 0.319 e. The van der Waals surface area contributed by atoms with Gasteiger partial charge in [0, 0.05) is 50.2 Å². The summed E-state index contributed by atoms with van der Waals surface area (Å²) in [5.41, 5.74) is 1.47. The Bertz CT molecular complexity index is 1680. The van der Waals surface area contributed by atoms with Crippen molar-refractivity contribution < 1.29 is 14.2 Å². The smallest absolute Gasteiger partial charge is 0.319 e. The summed E-state index contributed by atoms with van der Waals surface area (Å²) in [6.07, 6.45) is 5.68. The Balaban J connectivity index is 1.37. The third kappa shape index (κ3) is 3.97. The molecule has 0 unspecified atom stereocenters. The molecular weight excluding hydrogens is 485 g/mol. The maximum atomic E-state index is 16.3. The highest BCUT2D eigenvalue weighted by Crippen LogP contribution is 2.37. The monoisotopic (exact) mass is 511 g/mol. The average molecular weight is 512 g/mol. The third-order valence-corrected chi connectivity index (χ3v) is 7.38. The third-order valence-electron chi connectivity index (χ3n) is 7.38. The van der Waals surface area contributed by atoms with Gasteiger partial charge in [0.2, 0.25) is 0 Å². The molecule has 5 heterocycles. The summed E-state index contributed by atoms with van der Waals surface area (Å²) in [5.74, 6) is 0.0740. The van der Waals surface area contributed by atoms with E-state index in [1.807, 2.05) is 43.6 Å². The number of aryl methyl sites for hydroxylation is 1. The minimum absolute atomic E-state index is 0.0408. The molecule has 2 aliphatic heterocycles. The van der Waals surface area contributed by atoms with E-state index in [-0.39, 0.29) is 29.6 Å². The molecule has 3 aromatic heterocycles. The molecule has 2 N–H and O–H groups in total. The zero-order chi connectivity index (χ0) is 25.8. The molecule has 2 fully saturated rings. The second-order valence-electron chi connectivity index (χ2n) is 10.0. The fourth-order valence-corrected chi connectivity index (χ4v) is 5.65. The van der Waals surface area contributed by atoms with Crippen molar-refractivity contribution in [2.45, 2.75) is 31.5 Å². The number of hydrogen-bond donors (Lipinski definition) is 2. The molecule has 2 bridgehead atoms. The Morgan fingerprint density at radius 2 is 1.89 bits per heavy atom. The lowest BCUT2D eigenvalue weighted by molar-refractivity contribution is 0.276. The van der Waals surface area contributed by atoms with Crippen molar-refractivity contribution in [3.8, 4) is 23.0 Å². The van der Waals surface area contributed by atoms with Crippen LogP contribution in [0.1, 0.15) is 18.5 Å². The zero-order valence-electron chi connectivity index (χ0n) is 20.8. The van der Waals surface area contributed by atoms with Gasteiger partial charge in [0.1, 0.15) is 29.4 Å². The molecular formula is C28H26FN7O2. The number of fused-ring (bicyclic) bond motifs is 4. The summed E-state index contributed by atoms with van der Waals surface area (Å²) < 4.78 is 24.0. The number of phenols is 1. The van der Waals surface area contributed by atoms with Gasteiger partial charge in [-0.2, -0.15) is 15.1 Å². The van der Waals surface area contributed by atoms with E-state index < -0.39 is 5.82 Å². The van der Waals surface area contributed by atoms with E-state index in [9.17, 15) is 5.11 Å². The van der Waals surface area contributed by atoms with Crippen LogP contribution in [0.2, 0.25) is 0 Å². The normalized spacial score (nSPS) is 18.9. The summed E-state index contributed by atoms with van der Waals surface area (Å²) in [4.78, 5) is 16.0. The molecule has 0 radical (unpaired) electrons. The number of ether oxygens (including phenoxy) is 1. The quantitative estimate of drug-likeness (QED) is 0.366. The number of phenolic OH excluding ortho intramolecular Hbond substituents is 1. The molecule has 2 aliphatic rings. The number of nitrogens with zero attached hydrogens (tertiary/aromatic N) is 6. The highest BCUT2D eigenvalue weighted by atomic mass is 19.1. The van der Waals surface area contributed by atoms with Crippen LogP contribution >= 0.6 is 0 Å². The number of aromatic nitrogens is 5. The molecule has 0 amide bonds. The zero-order valence-corrected chi connectivity index (χ0v) is 20.8. The number of pyridine rings is 1. The van der Waals surface area contributed by atoms with Gasteiger partial charge in [-0.05, 0) is 41.8 Å². The van der Waals surface area contributed by atoms with Gasteiger partial charge in [-0.25, -0.2) is 4.39 Å². The number of piperazine rings is 1. The Kier molecular flexibility index (Phi) is 5.36. The standard InChI is InChI=1S/C28H26FN7O2/c1-35-9-8-19(34-35)15-38-28-32-26-23(27(33-28)36-13-17-6-7-18(14-36)31-17)12-30-25(24(26)29)22-11-20(37)10-16-4-2-3-5-21(16)22/h2-5,8-12,17-18,31,37H,6-7,13-15H2,1H3/t17-,18+. The van der Waals surface area contributed by atoms with Gasteiger partial charge >= 0.3 is 6.01 Å². The minimum atomic E-state index is -0.581. The van der Waals surface area contributed by atoms with Gasteiger partial charge in [0.05, 0.1) is 11.1 Å². The lowest BCUT2D eigenvalue weighted by Gasteiger charge is -2.34. The first kappa shape index (κ1) is 22.9. The molecule has 192 valence electrons. The fourth-order valence-electron chi connectivity index (χ4n) is 5.65. The van der Waals surface area contributed by atoms with Gasteiger partial charge in [0.25, 0.3) is 0 Å². The van der Waals surface area contributed by atoms with Crippen molar-refractivity contribution in [1.29, 1.82) is 0 Å². The summed E-state index contributed by atoms with van der Waals surface area (Å²) >= 11 is 0. The first-order valence-electron chi connectivity index (χ1n) is 12.7. The van der Waals surface area contributed by atoms with Gasteiger partial charge in [-0.15, -0.1) is 0 Å². The van der Waals surface area contributed by atoms with Gasteiger partial charge < -0.3 is 20.1 Å². The number of aromatic hydroxyl groups is 1. The number of benzene rings is 2. The van der Waals surface area contributed by atoms with E-state index in [0.717, 1.165) is 42.4 Å². The summed E-state index contributed by atoms with van der Waals surface area (Å²) in [7, 11) is 1.84. The molecule has 7 rings (SSSR count). The lowest BCUT2D eigenvalue weighted by Crippen LogP contribution is -2.51. The number of halogens is 1. The van der Waals surface area contributed by atoms with Crippen LogP contribution in [-0.4, -0.2) is 55.0 Å². The van der Waals surface area contributed by atoms with Crippen LogP contribution in [0.4, 0.5) is 10.2 Å². The summed E-state index contributed by atoms with van der Waals surface area (Å²) in [5, 5.41) is 20.4. The first-order valence-corrected chi connectivity index (χ1v) is 12.7. The van der Waals surface area contributed by atoms with Crippen LogP contribution in [0.25, 0.3) is 32.9 Å². The second kappa shape index (κ2) is 8.91. The largest absolute Gasteiger partial charge is 0.508 e. The van der Waals surface area contributed by atoms with Gasteiger partial charge in [-0.1, -0.05) is 24.3 Å². The van der Waals surface area contributed by atoms with E-state index in [2.05, 4.69) is 25.3 Å². The van der Waals surface area contributed by atoms with Gasteiger partial charge in [-0.3, -0.25) is 9.67 Å². The molecule has 5 aromatic rings. The Morgan fingerprint density at radius 1 is 1.08 bits per heavy atom. The average Bonchev–Trinajstić information content (AvgIpc) is 3.50. The maximum absolute atomic E-state index is 16.3. The SMILES string of the molecule is Cn1ccc(COc2nc(N3C[C@H]4CC[C@@H](C3)N4)c3cnc(-c4cc(O)cc5ccccc45)c(F)c3n2)n1. The molecule has 0 saturated carbocycles. The van der Waals surface area contributed by atoms with E-state index in [1.54, 1.807) is 16.9 Å². The topological polar surface area (TPSA) is 101 Å². The Labute approximate surface area is 217 Å². The molecule has 0 spiro atoms. The van der Waals surface area contributed by atoms with Crippen LogP contribution in [0.15, 0.2) is 54.9 Å². The van der Waals surface area contributed by atoms with E-state index in [4.69, 9.17) is 9.72 Å². The molecule has 0 aliphatic carbocycles. The second-order valence-corrected chi connectivity index (χ2v) is 10.0. The first-order chi connectivity index (χ1) is 18.5. The molecule has 2 saturated heterocycles. The van der Waals surface area contributed by atoms with Crippen molar-refractivity contribution in [2.75, 3.05) is 18.0 Å². The van der Waals surface area contributed by atoms with Crippen LogP contribution in [0, 0.1) is 5.82 Å². The van der Waals surface area contributed by atoms with Crippen LogP contribution in [0.5, 0.6) is 11.8 Å². The predicted octanol–water partition coefficient (Wildman–Crippen LogP) is 3.94. The number of rotatable bonds is 5. The van der Waals surface area contributed by atoms with Crippen molar-refractivity contribution in [3.05, 3.63) is 66.4 Å². The van der Waals surface area contributed by atoms with Crippen molar-refractivity contribution in [1.82, 2.24) is 30.0 Å². The Morgan fingerprint density at radius 3 is 2.68 bits per heavy atom. The highest BCUT2D eigenvalue weighted by Gasteiger charge is 2.34. The number of hydrogen-bond acceptors (Lipinski definition) is 8. The van der Waals surface area contributed by atoms with Crippen molar-refractivity contribution in [3.63, 3.8) is 0 Å². The van der Waals surface area contributed by atoms with Crippen LogP contribution < -0.4 is 15.0 Å².